The number of ether oxygens (including phenoxy) is 1. The molecule has 5 nitrogen and oxygen atoms in total. The van der Waals surface area contributed by atoms with E-state index in [1.165, 1.54) is 6.20 Å². The molecule has 1 fully saturated rings. The molecule has 0 amide bonds. The lowest BCUT2D eigenvalue weighted by Crippen LogP contribution is -2.33. The Bertz CT molecular complexity index is 421. The van der Waals surface area contributed by atoms with E-state index in [9.17, 15) is 0 Å². The second-order valence-electron chi connectivity index (χ2n) is 4.64. The SMILES string of the molecule is CC1(CNc2nccnc2C#N)CCOCC1. The molecular weight excluding hydrogens is 216 g/mol. The summed E-state index contributed by atoms with van der Waals surface area (Å²) in [7, 11) is 0. The molecule has 1 saturated heterocycles. The fourth-order valence-corrected chi connectivity index (χ4v) is 1.89. The van der Waals surface area contributed by atoms with Crippen LogP contribution in [0, 0.1) is 16.7 Å². The molecule has 0 unspecified atom stereocenters. The van der Waals surface area contributed by atoms with Crippen LogP contribution in [0.5, 0.6) is 0 Å². The molecule has 0 bridgehead atoms. The molecule has 2 heterocycles. The van der Waals surface area contributed by atoms with Gasteiger partial charge in [0.15, 0.2) is 11.5 Å². The minimum atomic E-state index is 0.211. The maximum absolute atomic E-state index is 8.91. The van der Waals surface area contributed by atoms with Crippen LogP contribution in [0.2, 0.25) is 0 Å². The lowest BCUT2D eigenvalue weighted by Gasteiger charge is -2.33. The zero-order valence-corrected chi connectivity index (χ0v) is 9.94. The van der Waals surface area contributed by atoms with Gasteiger partial charge in [0, 0.05) is 32.2 Å². The number of rotatable bonds is 3. The van der Waals surface area contributed by atoms with Crippen LogP contribution in [0.4, 0.5) is 5.82 Å². The second kappa shape index (κ2) is 5.11. The molecule has 0 aliphatic carbocycles. The smallest absolute Gasteiger partial charge is 0.182 e. The Morgan fingerprint density at radius 2 is 2.12 bits per heavy atom. The van der Waals surface area contributed by atoms with E-state index < -0.39 is 0 Å². The molecule has 1 N–H and O–H groups in total. The molecule has 17 heavy (non-hydrogen) atoms. The van der Waals surface area contributed by atoms with Crippen LogP contribution in [0.25, 0.3) is 0 Å². The van der Waals surface area contributed by atoms with Gasteiger partial charge < -0.3 is 10.1 Å². The molecule has 5 heteroatoms. The molecule has 1 aromatic heterocycles. The fraction of sp³-hybridized carbons (Fsp3) is 0.583. The lowest BCUT2D eigenvalue weighted by atomic mass is 9.82. The quantitative estimate of drug-likeness (QED) is 0.856. The highest BCUT2D eigenvalue weighted by molar-refractivity contribution is 5.46. The van der Waals surface area contributed by atoms with Crippen LogP contribution in [0.1, 0.15) is 25.5 Å². The van der Waals surface area contributed by atoms with Gasteiger partial charge in [0.1, 0.15) is 6.07 Å². The monoisotopic (exact) mass is 232 g/mol. The third-order valence-corrected chi connectivity index (χ3v) is 3.19. The van der Waals surface area contributed by atoms with Gasteiger partial charge in [-0.25, -0.2) is 9.97 Å². The number of nitrogens with one attached hydrogen (secondary N) is 1. The molecule has 2 rings (SSSR count). The van der Waals surface area contributed by atoms with E-state index in [1.807, 2.05) is 6.07 Å². The second-order valence-corrected chi connectivity index (χ2v) is 4.64. The molecule has 1 aliphatic heterocycles. The van der Waals surface area contributed by atoms with Crippen molar-refractivity contribution >= 4 is 5.82 Å². The summed E-state index contributed by atoms with van der Waals surface area (Å²) < 4.78 is 5.35. The Morgan fingerprint density at radius 3 is 2.82 bits per heavy atom. The average Bonchev–Trinajstić information content (AvgIpc) is 2.38. The molecule has 0 spiro atoms. The van der Waals surface area contributed by atoms with Gasteiger partial charge in [-0.15, -0.1) is 0 Å². The number of hydrogen-bond acceptors (Lipinski definition) is 5. The van der Waals surface area contributed by atoms with Crippen molar-refractivity contribution in [2.75, 3.05) is 25.1 Å². The highest BCUT2D eigenvalue weighted by Crippen LogP contribution is 2.29. The van der Waals surface area contributed by atoms with Crippen molar-refractivity contribution in [1.82, 2.24) is 9.97 Å². The summed E-state index contributed by atoms with van der Waals surface area (Å²) >= 11 is 0. The van der Waals surface area contributed by atoms with Gasteiger partial charge in [-0.3, -0.25) is 0 Å². The van der Waals surface area contributed by atoms with Gasteiger partial charge in [0.2, 0.25) is 0 Å². The fourth-order valence-electron chi connectivity index (χ4n) is 1.89. The van der Waals surface area contributed by atoms with Crippen molar-refractivity contribution in [2.45, 2.75) is 19.8 Å². The molecule has 0 saturated carbocycles. The highest BCUT2D eigenvalue weighted by Gasteiger charge is 2.27. The molecule has 1 aliphatic rings. The van der Waals surface area contributed by atoms with Crippen molar-refractivity contribution in [1.29, 1.82) is 5.26 Å². The lowest BCUT2D eigenvalue weighted by molar-refractivity contribution is 0.0299. The number of hydrogen-bond donors (Lipinski definition) is 1. The topological polar surface area (TPSA) is 70.8 Å². The third-order valence-electron chi connectivity index (χ3n) is 3.19. The maximum atomic E-state index is 8.91. The Kier molecular flexibility index (Phi) is 3.55. The predicted molar refractivity (Wildman–Crippen MR) is 63.4 cm³/mol. The van der Waals surface area contributed by atoms with E-state index >= 15 is 0 Å². The Hall–Kier alpha value is -1.67. The van der Waals surface area contributed by atoms with Crippen molar-refractivity contribution < 1.29 is 4.74 Å². The van der Waals surface area contributed by atoms with Crippen molar-refractivity contribution in [3.05, 3.63) is 18.1 Å². The Balaban J connectivity index is 2.00. The number of nitriles is 1. The van der Waals surface area contributed by atoms with E-state index in [0.29, 0.717) is 11.5 Å². The van der Waals surface area contributed by atoms with Gasteiger partial charge in [-0.05, 0) is 18.3 Å². The van der Waals surface area contributed by atoms with Crippen molar-refractivity contribution in [2.24, 2.45) is 5.41 Å². The summed E-state index contributed by atoms with van der Waals surface area (Å²) in [6.45, 7) is 4.64. The van der Waals surface area contributed by atoms with E-state index in [2.05, 4.69) is 22.2 Å². The Labute approximate surface area is 101 Å². The average molecular weight is 232 g/mol. The van der Waals surface area contributed by atoms with Gasteiger partial charge in [0.05, 0.1) is 0 Å². The number of anilines is 1. The summed E-state index contributed by atoms with van der Waals surface area (Å²) in [6.07, 6.45) is 5.18. The van der Waals surface area contributed by atoms with Gasteiger partial charge in [0.25, 0.3) is 0 Å². The van der Waals surface area contributed by atoms with Crippen LogP contribution in [-0.4, -0.2) is 29.7 Å². The van der Waals surface area contributed by atoms with E-state index in [1.54, 1.807) is 6.20 Å². The van der Waals surface area contributed by atoms with Crippen LogP contribution in [0.15, 0.2) is 12.4 Å². The number of nitrogens with zero attached hydrogens (tertiary/aromatic N) is 3. The molecule has 90 valence electrons. The molecule has 0 atom stereocenters. The van der Waals surface area contributed by atoms with Crippen LogP contribution >= 0.6 is 0 Å². The van der Waals surface area contributed by atoms with Crippen LogP contribution < -0.4 is 5.32 Å². The molecule has 0 radical (unpaired) electrons. The first-order valence-electron chi connectivity index (χ1n) is 5.76. The van der Waals surface area contributed by atoms with E-state index in [4.69, 9.17) is 10.00 Å². The molecular formula is C12H16N4O. The van der Waals surface area contributed by atoms with Crippen LogP contribution in [-0.2, 0) is 4.74 Å². The summed E-state index contributed by atoms with van der Waals surface area (Å²) in [6, 6.07) is 2.04. The third kappa shape index (κ3) is 2.92. The standard InChI is InChI=1S/C12H16N4O/c1-12(2-6-17-7-3-12)9-16-11-10(8-13)14-4-5-15-11/h4-5H,2-3,6-7,9H2,1H3,(H,15,16). The van der Waals surface area contributed by atoms with Crippen LogP contribution in [0.3, 0.4) is 0 Å². The van der Waals surface area contributed by atoms with E-state index in [-0.39, 0.29) is 5.41 Å². The van der Waals surface area contributed by atoms with Gasteiger partial charge in [-0.1, -0.05) is 6.92 Å². The van der Waals surface area contributed by atoms with Gasteiger partial charge >= 0.3 is 0 Å². The predicted octanol–water partition coefficient (Wildman–Crippen LogP) is 1.58. The van der Waals surface area contributed by atoms with E-state index in [0.717, 1.165) is 32.6 Å². The highest BCUT2D eigenvalue weighted by atomic mass is 16.5. The summed E-state index contributed by atoms with van der Waals surface area (Å²) in [5, 5.41) is 12.1. The zero-order chi connectivity index (χ0) is 12.1. The Morgan fingerprint density at radius 1 is 1.41 bits per heavy atom. The minimum Gasteiger partial charge on any atom is -0.381 e. The summed E-state index contributed by atoms with van der Waals surface area (Å²) in [5.41, 5.74) is 0.561. The van der Waals surface area contributed by atoms with Crippen molar-refractivity contribution in [3.8, 4) is 6.07 Å². The zero-order valence-electron chi connectivity index (χ0n) is 9.94. The minimum absolute atomic E-state index is 0.211. The molecule has 0 aromatic carbocycles. The first-order valence-corrected chi connectivity index (χ1v) is 5.76. The maximum Gasteiger partial charge on any atom is 0.182 e. The first kappa shape index (κ1) is 11.8. The summed E-state index contributed by atoms with van der Waals surface area (Å²) in [4.78, 5) is 8.11. The normalized spacial score (nSPS) is 18.4. The van der Waals surface area contributed by atoms with Crippen molar-refractivity contribution in [3.63, 3.8) is 0 Å². The largest absolute Gasteiger partial charge is 0.381 e. The molecule has 1 aromatic rings. The number of aromatic nitrogens is 2. The summed E-state index contributed by atoms with van der Waals surface area (Å²) in [5.74, 6) is 0.572. The first-order chi connectivity index (χ1) is 8.23. The van der Waals surface area contributed by atoms with Gasteiger partial charge in [-0.2, -0.15) is 5.26 Å².